The predicted octanol–water partition coefficient (Wildman–Crippen LogP) is 2.08. The molecule has 0 atom stereocenters. The van der Waals surface area contributed by atoms with Crippen molar-refractivity contribution in [3.63, 3.8) is 0 Å². The van der Waals surface area contributed by atoms with E-state index in [2.05, 4.69) is 10.2 Å². The summed E-state index contributed by atoms with van der Waals surface area (Å²) in [6.07, 6.45) is 0. The molecule has 0 bridgehead atoms. The summed E-state index contributed by atoms with van der Waals surface area (Å²) in [5.41, 5.74) is 0. The zero-order valence-electron chi connectivity index (χ0n) is 14.4. The molecule has 0 spiro atoms. The summed E-state index contributed by atoms with van der Waals surface area (Å²) in [6.45, 7) is 4.30. The number of ether oxygens (including phenoxy) is 1. The van der Waals surface area contributed by atoms with Crippen molar-refractivity contribution in [2.75, 3.05) is 12.4 Å². The Morgan fingerprint density at radius 2 is 1.92 bits per heavy atom. The average molecular weight is 383 g/mol. The number of rotatable bonds is 8. The number of carbonyl (C=O) groups is 1. The van der Waals surface area contributed by atoms with Crippen LogP contribution in [-0.4, -0.2) is 41.5 Å². The van der Waals surface area contributed by atoms with Crippen molar-refractivity contribution in [1.82, 2.24) is 14.8 Å². The molecule has 0 amide bonds. The van der Waals surface area contributed by atoms with Crippen LogP contribution in [0, 0.1) is 5.92 Å². The van der Waals surface area contributed by atoms with Gasteiger partial charge in [-0.25, -0.2) is 8.42 Å². The Labute approximate surface area is 151 Å². The van der Waals surface area contributed by atoms with Gasteiger partial charge in [0, 0.05) is 7.05 Å². The second kappa shape index (κ2) is 8.48. The number of thioether (sulfide) groups is 1. The Morgan fingerprint density at radius 3 is 2.56 bits per heavy atom. The Bertz CT molecular complexity index is 817. The van der Waals surface area contributed by atoms with Gasteiger partial charge in [0.2, 0.25) is 0 Å². The molecule has 0 fully saturated rings. The van der Waals surface area contributed by atoms with Crippen LogP contribution in [-0.2, 0) is 32.2 Å². The molecule has 0 N–H and O–H groups in total. The molecule has 1 aromatic heterocycles. The summed E-state index contributed by atoms with van der Waals surface area (Å²) in [4.78, 5) is 11.9. The number of carbonyl (C=O) groups excluding carboxylic acids is 1. The molecule has 0 aliphatic rings. The lowest BCUT2D eigenvalue weighted by Crippen LogP contribution is -2.12. The minimum atomic E-state index is -3.50. The number of aromatic nitrogens is 3. The molecule has 136 valence electrons. The lowest BCUT2D eigenvalue weighted by molar-refractivity contribution is -0.141. The zero-order valence-corrected chi connectivity index (χ0v) is 16.0. The molecule has 7 nitrogen and oxygen atoms in total. The van der Waals surface area contributed by atoms with Crippen molar-refractivity contribution in [2.24, 2.45) is 13.0 Å². The van der Waals surface area contributed by atoms with Crippen LogP contribution in [0.25, 0.3) is 0 Å². The van der Waals surface area contributed by atoms with Gasteiger partial charge in [-0.1, -0.05) is 43.8 Å². The summed E-state index contributed by atoms with van der Waals surface area (Å²) < 4.78 is 31.5. The molecular formula is C16H21N3O4S2. The second-order valence-electron chi connectivity index (χ2n) is 5.90. The highest BCUT2D eigenvalue weighted by Crippen LogP contribution is 2.19. The third-order valence-corrected chi connectivity index (χ3v) is 5.87. The number of hydrogen-bond acceptors (Lipinski definition) is 7. The first-order valence-corrected chi connectivity index (χ1v) is 10.4. The maximum absolute atomic E-state index is 12.4. The average Bonchev–Trinajstić information content (AvgIpc) is 2.91. The maximum atomic E-state index is 12.4. The Kier molecular flexibility index (Phi) is 6.60. The second-order valence-corrected chi connectivity index (χ2v) is 8.83. The molecule has 1 heterocycles. The van der Waals surface area contributed by atoms with Crippen molar-refractivity contribution in [1.29, 1.82) is 0 Å². The van der Waals surface area contributed by atoms with Gasteiger partial charge in [-0.2, -0.15) is 0 Å². The van der Waals surface area contributed by atoms with Crippen LogP contribution in [0.15, 0.2) is 40.4 Å². The van der Waals surface area contributed by atoms with E-state index in [-0.39, 0.29) is 28.3 Å². The molecule has 0 aliphatic heterocycles. The van der Waals surface area contributed by atoms with E-state index in [1.54, 1.807) is 41.9 Å². The summed E-state index contributed by atoms with van der Waals surface area (Å²) in [6, 6.07) is 8.20. The molecule has 25 heavy (non-hydrogen) atoms. The van der Waals surface area contributed by atoms with Crippen molar-refractivity contribution >= 4 is 27.6 Å². The van der Waals surface area contributed by atoms with Crippen LogP contribution >= 0.6 is 11.8 Å². The Hall–Kier alpha value is -1.87. The minimum Gasteiger partial charge on any atom is -0.465 e. The molecule has 2 rings (SSSR count). The van der Waals surface area contributed by atoms with Gasteiger partial charge < -0.3 is 9.30 Å². The number of nitrogens with zero attached hydrogens (tertiary/aromatic N) is 3. The van der Waals surface area contributed by atoms with Crippen LogP contribution in [0.4, 0.5) is 0 Å². The van der Waals surface area contributed by atoms with Gasteiger partial charge in [0.15, 0.2) is 15.0 Å². The predicted molar refractivity (Wildman–Crippen MR) is 94.9 cm³/mol. The molecule has 0 saturated carbocycles. The third kappa shape index (κ3) is 5.57. The summed E-state index contributed by atoms with van der Waals surface area (Å²) in [5.74, 6) is 0.115. The number of hydrogen-bond donors (Lipinski definition) is 0. The standard InChI is InChI=1S/C16H21N3O4S2/c1-12(2)9-23-15(20)10-24-16-18-17-14(19(16)3)11-25(21,22)13-7-5-4-6-8-13/h4-8,12H,9-11H2,1-3H3. The minimum absolute atomic E-state index is 0.101. The van der Waals surface area contributed by atoms with E-state index in [0.29, 0.717) is 17.6 Å². The SMILES string of the molecule is CC(C)COC(=O)CSc1nnc(CS(=O)(=O)c2ccccc2)n1C. The molecule has 0 unspecified atom stereocenters. The van der Waals surface area contributed by atoms with E-state index in [1.807, 2.05) is 13.8 Å². The van der Waals surface area contributed by atoms with Gasteiger partial charge in [-0.05, 0) is 18.1 Å². The molecular weight excluding hydrogens is 362 g/mol. The highest BCUT2D eigenvalue weighted by molar-refractivity contribution is 7.99. The molecule has 1 aromatic carbocycles. The summed E-state index contributed by atoms with van der Waals surface area (Å²) in [5, 5.41) is 8.38. The van der Waals surface area contributed by atoms with Crippen molar-refractivity contribution in [3.05, 3.63) is 36.2 Å². The molecule has 2 aromatic rings. The van der Waals surface area contributed by atoms with Crippen molar-refractivity contribution < 1.29 is 17.9 Å². The van der Waals surface area contributed by atoms with Crippen LogP contribution in [0.5, 0.6) is 0 Å². The van der Waals surface area contributed by atoms with Gasteiger partial charge in [0.1, 0.15) is 11.6 Å². The highest BCUT2D eigenvalue weighted by atomic mass is 32.2. The first kappa shape index (κ1) is 19.5. The van der Waals surface area contributed by atoms with E-state index in [1.165, 1.54) is 11.8 Å². The van der Waals surface area contributed by atoms with Gasteiger partial charge in [0.25, 0.3) is 0 Å². The highest BCUT2D eigenvalue weighted by Gasteiger charge is 2.20. The first-order valence-electron chi connectivity index (χ1n) is 7.74. The summed E-state index contributed by atoms with van der Waals surface area (Å²) >= 11 is 1.17. The van der Waals surface area contributed by atoms with E-state index < -0.39 is 9.84 Å². The van der Waals surface area contributed by atoms with E-state index in [4.69, 9.17) is 4.74 Å². The topological polar surface area (TPSA) is 91.2 Å². The monoisotopic (exact) mass is 383 g/mol. The number of sulfone groups is 1. The van der Waals surface area contributed by atoms with Crippen LogP contribution < -0.4 is 0 Å². The van der Waals surface area contributed by atoms with Gasteiger partial charge in [-0.15, -0.1) is 10.2 Å². The largest absolute Gasteiger partial charge is 0.465 e. The molecule has 9 heteroatoms. The van der Waals surface area contributed by atoms with E-state index in [9.17, 15) is 13.2 Å². The normalized spacial score (nSPS) is 11.7. The molecule has 0 saturated heterocycles. The fourth-order valence-corrected chi connectivity index (χ4v) is 3.96. The van der Waals surface area contributed by atoms with Gasteiger partial charge in [0.05, 0.1) is 17.3 Å². The number of esters is 1. The maximum Gasteiger partial charge on any atom is 0.316 e. The lowest BCUT2D eigenvalue weighted by Gasteiger charge is -2.07. The quantitative estimate of drug-likeness (QED) is 0.509. The fourth-order valence-electron chi connectivity index (χ4n) is 1.90. The summed E-state index contributed by atoms with van der Waals surface area (Å²) in [7, 11) is -1.82. The lowest BCUT2D eigenvalue weighted by atomic mass is 10.2. The first-order chi connectivity index (χ1) is 11.8. The molecule has 0 radical (unpaired) electrons. The smallest absolute Gasteiger partial charge is 0.316 e. The van der Waals surface area contributed by atoms with Crippen molar-refractivity contribution in [2.45, 2.75) is 29.7 Å². The van der Waals surface area contributed by atoms with E-state index in [0.717, 1.165) is 0 Å². The zero-order chi connectivity index (χ0) is 18.4. The Morgan fingerprint density at radius 1 is 1.24 bits per heavy atom. The van der Waals surface area contributed by atoms with Crippen LogP contribution in [0.2, 0.25) is 0 Å². The Balaban J connectivity index is 2.00. The molecule has 0 aliphatic carbocycles. The number of benzene rings is 1. The van der Waals surface area contributed by atoms with Crippen LogP contribution in [0.3, 0.4) is 0 Å². The fraction of sp³-hybridized carbons (Fsp3) is 0.438. The van der Waals surface area contributed by atoms with Gasteiger partial charge in [-0.3, -0.25) is 4.79 Å². The van der Waals surface area contributed by atoms with Crippen molar-refractivity contribution in [3.8, 4) is 0 Å². The van der Waals surface area contributed by atoms with E-state index >= 15 is 0 Å². The van der Waals surface area contributed by atoms with Gasteiger partial charge >= 0.3 is 5.97 Å². The third-order valence-electron chi connectivity index (χ3n) is 3.24. The van der Waals surface area contributed by atoms with Crippen LogP contribution in [0.1, 0.15) is 19.7 Å².